The smallest absolute Gasteiger partial charge is 0.253 e. The van der Waals surface area contributed by atoms with Gasteiger partial charge in [-0.15, -0.1) is 0 Å². The van der Waals surface area contributed by atoms with Gasteiger partial charge in [0.05, 0.1) is 11.7 Å². The Morgan fingerprint density at radius 2 is 1.95 bits per heavy atom. The van der Waals surface area contributed by atoms with Crippen molar-refractivity contribution in [3.8, 4) is 0 Å². The van der Waals surface area contributed by atoms with Crippen LogP contribution in [-0.4, -0.2) is 34.1 Å². The monoisotopic (exact) mass is 311 g/mol. The number of hydrogen-bond donors (Lipinski definition) is 1. The lowest BCUT2D eigenvalue weighted by Crippen LogP contribution is -2.48. The van der Waals surface area contributed by atoms with E-state index in [1.807, 2.05) is 47.4 Å². The van der Waals surface area contributed by atoms with Crippen LogP contribution in [0.25, 0.3) is 10.9 Å². The van der Waals surface area contributed by atoms with E-state index in [4.69, 9.17) is 11.6 Å². The average Bonchev–Trinajstić information content (AvgIpc) is 2.95. The van der Waals surface area contributed by atoms with Crippen LogP contribution in [0.1, 0.15) is 21.8 Å². The third-order valence-electron chi connectivity index (χ3n) is 4.20. The molecular formula is C17H14ClN3O. The zero-order valence-electron chi connectivity index (χ0n) is 11.8. The third-order valence-corrected chi connectivity index (χ3v) is 4.45. The number of fused-ring (bicyclic) bond motifs is 1. The zero-order chi connectivity index (χ0) is 15.1. The quantitative estimate of drug-likeness (QED) is 0.788. The molecule has 1 fully saturated rings. The van der Waals surface area contributed by atoms with Crippen LogP contribution in [0.3, 0.4) is 0 Å². The largest absolute Gasteiger partial charge is 0.337 e. The SMILES string of the molecule is O=C(c1ccc2[nH]ncc2c1)N1CC(c2ccc(Cl)cc2)C1. The molecule has 0 bridgehead atoms. The van der Waals surface area contributed by atoms with E-state index in [1.165, 1.54) is 5.56 Å². The summed E-state index contributed by atoms with van der Waals surface area (Å²) in [5.41, 5.74) is 2.89. The van der Waals surface area contributed by atoms with Gasteiger partial charge in [-0.1, -0.05) is 23.7 Å². The molecule has 0 spiro atoms. The molecule has 0 atom stereocenters. The third kappa shape index (κ3) is 2.25. The van der Waals surface area contributed by atoms with Gasteiger partial charge in [-0.05, 0) is 35.9 Å². The Bertz CT molecular complexity index is 834. The highest BCUT2D eigenvalue weighted by molar-refractivity contribution is 6.30. The van der Waals surface area contributed by atoms with Gasteiger partial charge in [0.15, 0.2) is 0 Å². The molecule has 3 aromatic rings. The van der Waals surface area contributed by atoms with Crippen LogP contribution in [0.2, 0.25) is 5.02 Å². The molecule has 1 N–H and O–H groups in total. The number of nitrogens with zero attached hydrogens (tertiary/aromatic N) is 2. The molecule has 4 nitrogen and oxygen atoms in total. The maximum atomic E-state index is 12.5. The summed E-state index contributed by atoms with van der Waals surface area (Å²) in [7, 11) is 0. The standard InChI is InChI=1S/C17H14ClN3O/c18-15-4-1-11(2-5-15)14-9-21(10-14)17(22)12-3-6-16-13(7-12)8-19-20-16/h1-8,14H,9-10H2,(H,19,20). The average molecular weight is 312 g/mol. The lowest BCUT2D eigenvalue weighted by Gasteiger charge is -2.39. The van der Waals surface area contributed by atoms with Crippen molar-refractivity contribution in [2.75, 3.05) is 13.1 Å². The minimum Gasteiger partial charge on any atom is -0.337 e. The number of aromatic amines is 1. The topological polar surface area (TPSA) is 49.0 Å². The molecule has 110 valence electrons. The van der Waals surface area contributed by atoms with Crippen molar-refractivity contribution in [2.24, 2.45) is 0 Å². The van der Waals surface area contributed by atoms with E-state index in [1.54, 1.807) is 6.20 Å². The summed E-state index contributed by atoms with van der Waals surface area (Å²) in [5.74, 6) is 0.479. The molecular weight excluding hydrogens is 298 g/mol. The lowest BCUT2D eigenvalue weighted by molar-refractivity contribution is 0.0602. The normalized spacial score (nSPS) is 15.0. The zero-order valence-corrected chi connectivity index (χ0v) is 12.5. The van der Waals surface area contributed by atoms with Crippen LogP contribution in [0.5, 0.6) is 0 Å². The number of nitrogens with one attached hydrogen (secondary N) is 1. The minimum absolute atomic E-state index is 0.0771. The highest BCUT2D eigenvalue weighted by atomic mass is 35.5. The predicted molar refractivity (Wildman–Crippen MR) is 86.2 cm³/mol. The van der Waals surface area contributed by atoms with E-state index in [0.717, 1.165) is 29.0 Å². The van der Waals surface area contributed by atoms with Gasteiger partial charge in [-0.25, -0.2) is 0 Å². The molecule has 1 saturated heterocycles. The number of aromatic nitrogens is 2. The Morgan fingerprint density at radius 3 is 2.73 bits per heavy atom. The van der Waals surface area contributed by atoms with Crippen LogP contribution in [0, 0.1) is 0 Å². The van der Waals surface area contributed by atoms with E-state index in [9.17, 15) is 4.79 Å². The Hall–Kier alpha value is -2.33. The van der Waals surface area contributed by atoms with Gasteiger partial charge < -0.3 is 4.90 Å². The van der Waals surface area contributed by atoms with Crippen molar-refractivity contribution in [1.29, 1.82) is 0 Å². The first kappa shape index (κ1) is 13.3. The van der Waals surface area contributed by atoms with Crippen molar-refractivity contribution in [2.45, 2.75) is 5.92 Å². The number of carbonyl (C=O) groups is 1. The minimum atomic E-state index is 0.0771. The molecule has 22 heavy (non-hydrogen) atoms. The Kier molecular flexibility index (Phi) is 3.12. The highest BCUT2D eigenvalue weighted by Crippen LogP contribution is 2.29. The van der Waals surface area contributed by atoms with E-state index in [2.05, 4.69) is 10.2 Å². The number of amides is 1. The van der Waals surface area contributed by atoms with E-state index in [-0.39, 0.29) is 5.91 Å². The Morgan fingerprint density at radius 1 is 1.18 bits per heavy atom. The molecule has 5 heteroatoms. The molecule has 4 rings (SSSR count). The summed E-state index contributed by atoms with van der Waals surface area (Å²) in [6.07, 6.45) is 1.73. The van der Waals surface area contributed by atoms with Crippen LogP contribution in [-0.2, 0) is 0 Å². The second-order valence-electron chi connectivity index (χ2n) is 5.63. The summed E-state index contributed by atoms with van der Waals surface area (Å²) in [5, 5.41) is 8.57. The number of rotatable bonds is 2. The van der Waals surface area contributed by atoms with Crippen LogP contribution >= 0.6 is 11.6 Å². The van der Waals surface area contributed by atoms with Crippen LogP contribution < -0.4 is 0 Å². The summed E-state index contributed by atoms with van der Waals surface area (Å²) < 4.78 is 0. The van der Waals surface area contributed by atoms with Gasteiger partial charge in [0.25, 0.3) is 5.91 Å². The van der Waals surface area contributed by atoms with Crippen LogP contribution in [0.4, 0.5) is 0 Å². The number of likely N-dealkylation sites (tertiary alicyclic amines) is 1. The highest BCUT2D eigenvalue weighted by Gasteiger charge is 2.32. The van der Waals surface area contributed by atoms with Gasteiger partial charge in [0, 0.05) is 35.0 Å². The fourth-order valence-corrected chi connectivity index (χ4v) is 2.97. The molecule has 1 aliphatic heterocycles. The van der Waals surface area contributed by atoms with Gasteiger partial charge in [0.2, 0.25) is 0 Å². The van der Waals surface area contributed by atoms with Crippen LogP contribution in [0.15, 0.2) is 48.7 Å². The van der Waals surface area contributed by atoms with Crippen molar-refractivity contribution in [1.82, 2.24) is 15.1 Å². The molecule has 1 amide bonds. The maximum Gasteiger partial charge on any atom is 0.253 e. The molecule has 0 radical (unpaired) electrons. The number of H-pyrrole nitrogens is 1. The maximum absolute atomic E-state index is 12.5. The second-order valence-corrected chi connectivity index (χ2v) is 6.07. The number of benzene rings is 2. The van der Waals surface area contributed by atoms with Crippen molar-refractivity contribution in [3.05, 3.63) is 64.8 Å². The van der Waals surface area contributed by atoms with Gasteiger partial charge in [-0.2, -0.15) is 5.10 Å². The lowest BCUT2D eigenvalue weighted by atomic mass is 9.91. The summed E-state index contributed by atoms with van der Waals surface area (Å²) in [6, 6.07) is 13.5. The van der Waals surface area contributed by atoms with E-state index < -0.39 is 0 Å². The molecule has 1 aromatic heterocycles. The Labute approximate surface area is 132 Å². The summed E-state index contributed by atoms with van der Waals surface area (Å²) in [4.78, 5) is 14.4. The van der Waals surface area contributed by atoms with Crippen molar-refractivity contribution >= 4 is 28.4 Å². The van der Waals surface area contributed by atoms with Gasteiger partial charge in [0.1, 0.15) is 0 Å². The number of hydrogen-bond acceptors (Lipinski definition) is 2. The number of carbonyl (C=O) groups excluding carboxylic acids is 1. The van der Waals surface area contributed by atoms with Gasteiger partial charge in [-0.3, -0.25) is 9.89 Å². The molecule has 1 aliphatic rings. The van der Waals surface area contributed by atoms with Crippen molar-refractivity contribution < 1.29 is 4.79 Å². The van der Waals surface area contributed by atoms with E-state index >= 15 is 0 Å². The van der Waals surface area contributed by atoms with Crippen molar-refractivity contribution in [3.63, 3.8) is 0 Å². The first-order chi connectivity index (χ1) is 10.7. The van der Waals surface area contributed by atoms with E-state index in [0.29, 0.717) is 11.5 Å². The predicted octanol–water partition coefficient (Wildman–Crippen LogP) is 3.46. The first-order valence-corrected chi connectivity index (χ1v) is 7.56. The Balaban J connectivity index is 1.47. The fourth-order valence-electron chi connectivity index (χ4n) is 2.85. The molecule has 0 saturated carbocycles. The molecule has 2 heterocycles. The fraction of sp³-hybridized carbons (Fsp3) is 0.176. The second kappa shape index (κ2) is 5.14. The summed E-state index contributed by atoms with van der Waals surface area (Å²) >= 11 is 5.90. The molecule has 0 aliphatic carbocycles. The first-order valence-electron chi connectivity index (χ1n) is 7.18. The summed E-state index contributed by atoms with van der Waals surface area (Å²) in [6.45, 7) is 1.51. The van der Waals surface area contributed by atoms with Gasteiger partial charge >= 0.3 is 0 Å². The molecule has 0 unspecified atom stereocenters. The number of halogens is 1. The molecule has 2 aromatic carbocycles.